The summed E-state index contributed by atoms with van der Waals surface area (Å²) < 4.78 is 27.4. The van der Waals surface area contributed by atoms with Crippen LogP contribution in [0.4, 0.5) is 5.69 Å². The number of hydrogen-bond donors (Lipinski definition) is 0. The molecular formula is C18H22N2O3S. The molecule has 5 nitrogen and oxygen atoms in total. The van der Waals surface area contributed by atoms with Crippen LogP contribution < -0.4 is 4.31 Å². The van der Waals surface area contributed by atoms with E-state index in [1.54, 1.807) is 36.4 Å². The van der Waals surface area contributed by atoms with Gasteiger partial charge in [-0.25, -0.2) is 13.2 Å². The predicted molar refractivity (Wildman–Crippen MR) is 97.0 cm³/mol. The molecule has 6 heteroatoms. The molecule has 2 rings (SSSR count). The van der Waals surface area contributed by atoms with Crippen molar-refractivity contribution >= 4 is 21.9 Å². The van der Waals surface area contributed by atoms with Crippen LogP contribution in [0.3, 0.4) is 0 Å². The fourth-order valence-corrected chi connectivity index (χ4v) is 3.19. The molecule has 0 saturated carbocycles. The van der Waals surface area contributed by atoms with Crippen LogP contribution in [0.5, 0.6) is 0 Å². The number of nitrogens with zero attached hydrogens (tertiary/aromatic N) is 2. The van der Waals surface area contributed by atoms with E-state index in [-0.39, 0.29) is 4.90 Å². The maximum absolute atomic E-state index is 12.7. The van der Waals surface area contributed by atoms with Crippen molar-refractivity contribution in [3.8, 4) is 0 Å². The molecule has 0 aliphatic carbocycles. The first-order valence-electron chi connectivity index (χ1n) is 7.58. The second-order valence-corrected chi connectivity index (χ2v) is 8.47. The summed E-state index contributed by atoms with van der Waals surface area (Å²) in [5.41, 5.74) is 0.700. The first kappa shape index (κ1) is 18.0. The molecule has 0 aliphatic heterocycles. The molecule has 0 heterocycles. The largest absolute Gasteiger partial charge is 0.623 e. The average Bonchev–Trinajstić information content (AvgIpc) is 2.54. The van der Waals surface area contributed by atoms with Crippen LogP contribution >= 0.6 is 0 Å². The first-order valence-corrected chi connectivity index (χ1v) is 9.02. The highest BCUT2D eigenvalue weighted by molar-refractivity contribution is 7.92. The second kappa shape index (κ2) is 6.65. The molecule has 0 atom stereocenters. The number of para-hydroxylation sites is 1. The molecule has 128 valence electrons. The van der Waals surface area contributed by atoms with Gasteiger partial charge in [-0.1, -0.05) is 18.2 Å². The number of hydrogen-bond acceptors (Lipinski definition) is 3. The van der Waals surface area contributed by atoms with Gasteiger partial charge in [0.25, 0.3) is 10.0 Å². The summed E-state index contributed by atoms with van der Waals surface area (Å²) >= 11 is 0. The van der Waals surface area contributed by atoms with Gasteiger partial charge in [-0.05, 0) is 36.4 Å². The third-order valence-electron chi connectivity index (χ3n) is 3.59. The van der Waals surface area contributed by atoms with Gasteiger partial charge < -0.3 is 5.21 Å². The van der Waals surface area contributed by atoms with E-state index in [1.165, 1.54) is 29.7 Å². The highest BCUT2D eigenvalue weighted by Crippen LogP contribution is 2.21. The minimum absolute atomic E-state index is 0.180. The molecule has 0 unspecified atom stereocenters. The third-order valence-corrected chi connectivity index (χ3v) is 5.39. The first-order chi connectivity index (χ1) is 11.1. The van der Waals surface area contributed by atoms with Crippen LogP contribution in [0.15, 0.2) is 59.5 Å². The molecule has 0 spiro atoms. The molecule has 0 radical (unpaired) electrons. The molecule has 0 amide bonds. The lowest BCUT2D eigenvalue weighted by Crippen LogP contribution is -2.29. The van der Waals surface area contributed by atoms with E-state index in [0.29, 0.717) is 11.3 Å². The van der Waals surface area contributed by atoms with Gasteiger partial charge in [-0.2, -0.15) is 0 Å². The summed E-state index contributed by atoms with van der Waals surface area (Å²) in [5, 5.41) is 11.9. The van der Waals surface area contributed by atoms with Crippen molar-refractivity contribution in [2.45, 2.75) is 31.2 Å². The fraction of sp³-hybridized carbons (Fsp3) is 0.278. The maximum atomic E-state index is 12.7. The van der Waals surface area contributed by atoms with Crippen molar-refractivity contribution in [1.82, 2.24) is 0 Å². The molecule has 0 fully saturated rings. The summed E-state index contributed by atoms with van der Waals surface area (Å²) in [6.07, 6.45) is 1.46. The van der Waals surface area contributed by atoms with Crippen molar-refractivity contribution in [2.24, 2.45) is 0 Å². The molecular weight excluding hydrogens is 324 g/mol. The van der Waals surface area contributed by atoms with Crippen molar-refractivity contribution in [2.75, 3.05) is 11.4 Å². The Hall–Kier alpha value is -2.34. The number of anilines is 1. The lowest BCUT2D eigenvalue weighted by atomic mass is 10.1. The zero-order valence-electron chi connectivity index (χ0n) is 14.3. The van der Waals surface area contributed by atoms with E-state index in [4.69, 9.17) is 0 Å². The van der Waals surface area contributed by atoms with Gasteiger partial charge in [0.1, 0.15) is 0 Å². The van der Waals surface area contributed by atoms with Crippen molar-refractivity contribution in [3.05, 3.63) is 65.4 Å². The quantitative estimate of drug-likeness (QED) is 0.369. The fourth-order valence-electron chi connectivity index (χ4n) is 1.99. The Morgan fingerprint density at radius 3 is 2.04 bits per heavy atom. The van der Waals surface area contributed by atoms with Crippen molar-refractivity contribution in [1.29, 1.82) is 0 Å². The summed E-state index contributed by atoms with van der Waals surface area (Å²) in [7, 11) is -2.12. The van der Waals surface area contributed by atoms with Gasteiger partial charge in [0.2, 0.25) is 0 Å². The van der Waals surface area contributed by atoms with Crippen molar-refractivity contribution < 1.29 is 13.2 Å². The average molecular weight is 346 g/mol. The van der Waals surface area contributed by atoms with E-state index < -0.39 is 15.6 Å². The Labute approximate surface area is 143 Å². The molecule has 0 saturated heterocycles. The van der Waals surface area contributed by atoms with E-state index in [9.17, 15) is 13.6 Å². The van der Waals surface area contributed by atoms with Crippen LogP contribution in [-0.4, -0.2) is 32.0 Å². The lowest BCUT2D eigenvalue weighted by molar-refractivity contribution is -0.530. The molecule has 24 heavy (non-hydrogen) atoms. The smallest absolute Gasteiger partial charge is 0.264 e. The Morgan fingerprint density at radius 2 is 1.54 bits per heavy atom. The minimum atomic E-state index is -3.64. The Kier molecular flexibility index (Phi) is 4.99. The summed E-state index contributed by atoms with van der Waals surface area (Å²) in [6.45, 7) is 5.43. The summed E-state index contributed by atoms with van der Waals surface area (Å²) in [4.78, 5) is 0.180. The Balaban J connectivity index is 2.30. The number of sulfonamides is 1. The van der Waals surface area contributed by atoms with E-state index in [1.807, 2.05) is 26.8 Å². The van der Waals surface area contributed by atoms with Crippen molar-refractivity contribution in [3.63, 3.8) is 0 Å². The molecule has 0 aliphatic rings. The molecule has 0 aromatic heterocycles. The van der Waals surface area contributed by atoms with E-state index in [2.05, 4.69) is 0 Å². The molecule has 2 aromatic rings. The van der Waals surface area contributed by atoms with Crippen LogP contribution in [0.1, 0.15) is 26.3 Å². The SMILES string of the molecule is CN(c1ccccc1)S(=O)(=O)c1ccc(/C=[N+](\[O-])C(C)(C)C)cc1. The molecule has 2 aromatic carbocycles. The lowest BCUT2D eigenvalue weighted by Gasteiger charge is -2.20. The van der Waals surface area contributed by atoms with Gasteiger partial charge >= 0.3 is 0 Å². The normalized spacial score (nSPS) is 12.9. The van der Waals surface area contributed by atoms with Crippen LogP contribution in [-0.2, 0) is 10.0 Å². The van der Waals surface area contributed by atoms with Crippen LogP contribution in [0.2, 0.25) is 0 Å². The van der Waals surface area contributed by atoms with E-state index in [0.717, 1.165) is 4.74 Å². The highest BCUT2D eigenvalue weighted by atomic mass is 32.2. The second-order valence-electron chi connectivity index (χ2n) is 6.50. The molecule has 0 N–H and O–H groups in total. The van der Waals surface area contributed by atoms with Gasteiger partial charge in [0.05, 0.1) is 10.6 Å². The number of benzene rings is 2. The third kappa shape index (κ3) is 3.94. The summed E-state index contributed by atoms with van der Waals surface area (Å²) in [6, 6.07) is 15.2. The van der Waals surface area contributed by atoms with Crippen LogP contribution in [0.25, 0.3) is 0 Å². The van der Waals surface area contributed by atoms with Gasteiger partial charge in [-0.15, -0.1) is 0 Å². The van der Waals surface area contributed by atoms with Crippen LogP contribution in [0, 0.1) is 5.21 Å². The number of hydroxylamine groups is 1. The topological polar surface area (TPSA) is 63.5 Å². The standard InChI is InChI=1S/C18H22N2O3S/c1-18(2,3)20(21)14-15-10-12-17(13-11-15)24(22,23)19(4)16-8-6-5-7-9-16/h5-14H,1-4H3/b20-14-. The highest BCUT2D eigenvalue weighted by Gasteiger charge is 2.21. The summed E-state index contributed by atoms with van der Waals surface area (Å²) in [5.74, 6) is 0. The predicted octanol–water partition coefficient (Wildman–Crippen LogP) is 3.24. The van der Waals surface area contributed by atoms with Gasteiger partial charge in [-0.3, -0.25) is 4.31 Å². The Bertz CT molecular complexity index is 821. The number of rotatable bonds is 4. The zero-order chi connectivity index (χ0) is 18.0. The maximum Gasteiger partial charge on any atom is 0.264 e. The molecule has 0 bridgehead atoms. The Morgan fingerprint density at radius 1 is 1.00 bits per heavy atom. The van der Waals surface area contributed by atoms with E-state index >= 15 is 0 Å². The minimum Gasteiger partial charge on any atom is -0.623 e. The van der Waals surface area contributed by atoms with Gasteiger partial charge in [0.15, 0.2) is 11.8 Å². The monoisotopic (exact) mass is 346 g/mol. The van der Waals surface area contributed by atoms with Gasteiger partial charge in [0, 0.05) is 33.4 Å². The zero-order valence-corrected chi connectivity index (χ0v) is 15.1.